The molecule has 1 aliphatic heterocycles. The number of amides is 2. The van der Waals surface area contributed by atoms with Crippen LogP contribution in [0.15, 0.2) is 84.9 Å². The summed E-state index contributed by atoms with van der Waals surface area (Å²) in [4.78, 5) is 26.1. The van der Waals surface area contributed by atoms with Gasteiger partial charge >= 0.3 is 0 Å². The van der Waals surface area contributed by atoms with E-state index < -0.39 is 5.92 Å². The van der Waals surface area contributed by atoms with Crippen molar-refractivity contribution >= 4 is 17.5 Å². The van der Waals surface area contributed by atoms with E-state index in [4.69, 9.17) is 4.74 Å². The van der Waals surface area contributed by atoms with Gasteiger partial charge in [-0.15, -0.1) is 0 Å². The third kappa shape index (κ3) is 4.04. The van der Waals surface area contributed by atoms with Crippen LogP contribution in [0.4, 0.5) is 5.69 Å². The van der Waals surface area contributed by atoms with Crippen LogP contribution in [-0.2, 0) is 9.59 Å². The summed E-state index contributed by atoms with van der Waals surface area (Å²) in [5.41, 5.74) is 8.28. The second-order valence-electron chi connectivity index (χ2n) is 7.16. The lowest BCUT2D eigenvalue weighted by Gasteiger charge is -2.38. The summed E-state index contributed by atoms with van der Waals surface area (Å²) in [5.74, 6) is -1.39. The van der Waals surface area contributed by atoms with Crippen molar-refractivity contribution in [3.05, 3.63) is 96.1 Å². The molecular formula is C24H23N3O3. The van der Waals surface area contributed by atoms with Gasteiger partial charge in [-0.3, -0.25) is 15.0 Å². The van der Waals surface area contributed by atoms with E-state index in [0.29, 0.717) is 11.4 Å². The van der Waals surface area contributed by atoms with Crippen LogP contribution in [0.25, 0.3) is 0 Å². The molecule has 3 unspecified atom stereocenters. The first kappa shape index (κ1) is 19.7. The van der Waals surface area contributed by atoms with Gasteiger partial charge in [-0.25, -0.2) is 5.43 Å². The molecule has 0 bridgehead atoms. The van der Waals surface area contributed by atoms with Crippen LogP contribution >= 0.6 is 0 Å². The zero-order chi connectivity index (χ0) is 20.9. The molecule has 0 aliphatic carbocycles. The molecular weight excluding hydrogens is 378 g/mol. The number of benzene rings is 3. The molecule has 0 spiro atoms. The van der Waals surface area contributed by atoms with Crippen LogP contribution in [0, 0.1) is 5.92 Å². The predicted octanol–water partition coefficient (Wildman–Crippen LogP) is 3.41. The smallest absolute Gasteiger partial charge is 0.247 e. The van der Waals surface area contributed by atoms with E-state index in [-0.39, 0.29) is 23.8 Å². The molecule has 3 aromatic carbocycles. The molecule has 0 radical (unpaired) electrons. The molecule has 3 aromatic rings. The summed E-state index contributed by atoms with van der Waals surface area (Å²) in [6.07, 6.45) is 0. The third-order valence-corrected chi connectivity index (χ3v) is 5.31. The highest BCUT2D eigenvalue weighted by atomic mass is 16.5. The normalized spacial score (nSPS) is 20.8. The Kier molecular flexibility index (Phi) is 5.77. The summed E-state index contributed by atoms with van der Waals surface area (Å²) >= 11 is 0. The SMILES string of the molecule is COc1cccc(NC(=O)C2C(=O)NNC(c3ccccc3)C2c2ccccc2)c1. The minimum absolute atomic E-state index is 0.257. The molecule has 1 saturated heterocycles. The van der Waals surface area contributed by atoms with Crippen molar-refractivity contribution in [1.82, 2.24) is 10.9 Å². The van der Waals surface area contributed by atoms with Gasteiger partial charge in [0, 0.05) is 17.7 Å². The number of hydrogen-bond acceptors (Lipinski definition) is 4. The standard InChI is InChI=1S/C24H23N3O3/c1-30-19-14-8-13-18(15-19)25-23(28)21-20(16-9-4-2-5-10-16)22(26-27-24(21)29)17-11-6-3-7-12-17/h2-15,20-22,26H,1H3,(H,25,28)(H,27,29). The van der Waals surface area contributed by atoms with E-state index in [1.807, 2.05) is 60.7 Å². The van der Waals surface area contributed by atoms with Gasteiger partial charge in [-0.05, 0) is 23.3 Å². The number of hydrogen-bond donors (Lipinski definition) is 3. The lowest BCUT2D eigenvalue weighted by Crippen LogP contribution is -2.56. The van der Waals surface area contributed by atoms with Gasteiger partial charge in [0.15, 0.2) is 0 Å². The minimum Gasteiger partial charge on any atom is -0.497 e. The number of hydrazine groups is 1. The molecule has 152 valence electrons. The van der Waals surface area contributed by atoms with Crippen molar-refractivity contribution in [2.75, 3.05) is 12.4 Å². The van der Waals surface area contributed by atoms with Crippen LogP contribution in [0.1, 0.15) is 23.1 Å². The molecule has 3 atom stereocenters. The molecule has 0 aromatic heterocycles. The Bertz CT molecular complexity index is 1020. The fourth-order valence-electron chi connectivity index (χ4n) is 3.89. The maximum atomic E-state index is 13.3. The Morgan fingerprint density at radius 1 is 0.900 bits per heavy atom. The van der Waals surface area contributed by atoms with Crippen LogP contribution in [0.5, 0.6) is 5.75 Å². The molecule has 1 heterocycles. The van der Waals surface area contributed by atoms with Crippen molar-refractivity contribution in [1.29, 1.82) is 0 Å². The highest BCUT2D eigenvalue weighted by molar-refractivity contribution is 6.07. The molecule has 6 heteroatoms. The van der Waals surface area contributed by atoms with Gasteiger partial charge in [-0.1, -0.05) is 66.7 Å². The Labute approximate surface area is 175 Å². The Hall–Kier alpha value is -3.64. The van der Waals surface area contributed by atoms with Gasteiger partial charge in [0.25, 0.3) is 0 Å². The fourth-order valence-corrected chi connectivity index (χ4v) is 3.89. The largest absolute Gasteiger partial charge is 0.497 e. The molecule has 6 nitrogen and oxygen atoms in total. The fraction of sp³-hybridized carbons (Fsp3) is 0.167. The zero-order valence-corrected chi connectivity index (χ0v) is 16.5. The quantitative estimate of drug-likeness (QED) is 0.573. The molecule has 3 N–H and O–H groups in total. The van der Waals surface area contributed by atoms with Gasteiger partial charge in [0.05, 0.1) is 13.2 Å². The summed E-state index contributed by atoms with van der Waals surface area (Å²) in [6.45, 7) is 0. The van der Waals surface area contributed by atoms with Gasteiger partial charge in [0.2, 0.25) is 11.8 Å². The predicted molar refractivity (Wildman–Crippen MR) is 115 cm³/mol. The number of rotatable bonds is 5. The third-order valence-electron chi connectivity index (χ3n) is 5.31. The lowest BCUT2D eigenvalue weighted by atomic mass is 9.76. The van der Waals surface area contributed by atoms with E-state index in [9.17, 15) is 9.59 Å². The Morgan fingerprint density at radius 3 is 2.23 bits per heavy atom. The van der Waals surface area contributed by atoms with Crippen LogP contribution in [-0.4, -0.2) is 18.9 Å². The second-order valence-corrected chi connectivity index (χ2v) is 7.16. The van der Waals surface area contributed by atoms with Crippen LogP contribution in [0.3, 0.4) is 0 Å². The number of carbonyl (C=O) groups excluding carboxylic acids is 2. The monoisotopic (exact) mass is 401 g/mol. The number of ether oxygens (including phenoxy) is 1. The van der Waals surface area contributed by atoms with E-state index >= 15 is 0 Å². The van der Waals surface area contributed by atoms with Gasteiger partial charge < -0.3 is 10.1 Å². The summed E-state index contributed by atoms with van der Waals surface area (Å²) in [7, 11) is 1.57. The van der Waals surface area contributed by atoms with Crippen LogP contribution in [0.2, 0.25) is 0 Å². The highest BCUT2D eigenvalue weighted by Crippen LogP contribution is 2.39. The number of nitrogens with one attached hydrogen (secondary N) is 3. The molecule has 0 saturated carbocycles. The first-order valence-electron chi connectivity index (χ1n) is 9.77. The average Bonchev–Trinajstić information content (AvgIpc) is 2.80. The molecule has 30 heavy (non-hydrogen) atoms. The first-order valence-corrected chi connectivity index (χ1v) is 9.77. The topological polar surface area (TPSA) is 79.5 Å². The minimum atomic E-state index is -0.912. The molecule has 1 aliphatic rings. The van der Waals surface area contributed by atoms with Crippen molar-refractivity contribution in [3.63, 3.8) is 0 Å². The molecule has 4 rings (SSSR count). The van der Waals surface area contributed by atoms with Crippen molar-refractivity contribution in [2.45, 2.75) is 12.0 Å². The van der Waals surface area contributed by atoms with Crippen LogP contribution < -0.4 is 20.9 Å². The van der Waals surface area contributed by atoms with E-state index in [1.54, 1.807) is 31.4 Å². The maximum Gasteiger partial charge on any atom is 0.247 e. The molecule has 2 amide bonds. The zero-order valence-electron chi connectivity index (χ0n) is 16.5. The average molecular weight is 401 g/mol. The second kappa shape index (κ2) is 8.80. The number of carbonyl (C=O) groups is 2. The van der Waals surface area contributed by atoms with Gasteiger partial charge in [0.1, 0.15) is 11.7 Å². The number of methoxy groups -OCH3 is 1. The highest BCUT2D eigenvalue weighted by Gasteiger charge is 2.44. The Balaban J connectivity index is 1.70. The lowest BCUT2D eigenvalue weighted by molar-refractivity contribution is -0.137. The van der Waals surface area contributed by atoms with E-state index in [1.165, 1.54) is 0 Å². The summed E-state index contributed by atoms with van der Waals surface area (Å²) in [5, 5.41) is 2.88. The number of anilines is 1. The summed E-state index contributed by atoms with van der Waals surface area (Å²) < 4.78 is 5.23. The van der Waals surface area contributed by atoms with E-state index in [0.717, 1.165) is 11.1 Å². The maximum absolute atomic E-state index is 13.3. The summed E-state index contributed by atoms with van der Waals surface area (Å²) in [6, 6.07) is 26.3. The first-order chi connectivity index (χ1) is 14.7. The molecule has 1 fully saturated rings. The Morgan fingerprint density at radius 2 is 1.57 bits per heavy atom. The van der Waals surface area contributed by atoms with E-state index in [2.05, 4.69) is 16.2 Å². The van der Waals surface area contributed by atoms with Crippen molar-refractivity contribution < 1.29 is 14.3 Å². The van der Waals surface area contributed by atoms with Crippen molar-refractivity contribution in [2.24, 2.45) is 5.92 Å². The van der Waals surface area contributed by atoms with Gasteiger partial charge in [-0.2, -0.15) is 0 Å². The van der Waals surface area contributed by atoms with Crippen molar-refractivity contribution in [3.8, 4) is 5.75 Å².